The van der Waals surface area contributed by atoms with Gasteiger partial charge >= 0.3 is 5.97 Å². The van der Waals surface area contributed by atoms with Crippen molar-refractivity contribution in [3.8, 4) is 5.75 Å². The van der Waals surface area contributed by atoms with Gasteiger partial charge in [0.15, 0.2) is 6.61 Å². The fourth-order valence-corrected chi connectivity index (χ4v) is 1.99. The second kappa shape index (κ2) is 7.64. The highest BCUT2D eigenvalue weighted by atomic mass is 79.9. The van der Waals surface area contributed by atoms with Gasteiger partial charge in [0, 0.05) is 5.69 Å². The zero-order chi connectivity index (χ0) is 15.1. The number of carbonyl (C=O) groups excluding carboxylic acids is 1. The molecule has 0 bridgehead atoms. The number of nitrogens with one attached hydrogen (secondary N) is 1. The number of esters is 1. The molecule has 0 aliphatic heterocycles. The van der Waals surface area contributed by atoms with Crippen molar-refractivity contribution in [3.05, 3.63) is 52.8 Å². The normalized spacial score (nSPS) is 10.0. The molecule has 0 radical (unpaired) electrons. The minimum Gasteiger partial charge on any atom is -0.482 e. The summed E-state index contributed by atoms with van der Waals surface area (Å²) >= 11 is 3.34. The van der Waals surface area contributed by atoms with Crippen LogP contribution >= 0.6 is 15.9 Å². The molecule has 1 heterocycles. The number of nitrogens with zero attached hydrogens (tertiary/aromatic N) is 1. The van der Waals surface area contributed by atoms with Gasteiger partial charge < -0.3 is 14.8 Å². The summed E-state index contributed by atoms with van der Waals surface area (Å²) in [7, 11) is 1.33. The van der Waals surface area contributed by atoms with E-state index in [-0.39, 0.29) is 6.61 Å². The maximum Gasteiger partial charge on any atom is 0.343 e. The lowest BCUT2D eigenvalue weighted by atomic mass is 10.3. The molecule has 110 valence electrons. The summed E-state index contributed by atoms with van der Waals surface area (Å²) in [5.74, 6) is 0.212. The van der Waals surface area contributed by atoms with Crippen molar-refractivity contribution >= 4 is 27.6 Å². The second-order valence-corrected chi connectivity index (χ2v) is 5.01. The zero-order valence-corrected chi connectivity index (χ0v) is 13.1. The van der Waals surface area contributed by atoms with Crippen LogP contribution in [0.2, 0.25) is 0 Å². The molecule has 0 aliphatic carbocycles. The van der Waals surface area contributed by atoms with Crippen molar-refractivity contribution in [1.29, 1.82) is 0 Å². The molecule has 2 rings (SSSR count). The molecule has 21 heavy (non-hydrogen) atoms. The Morgan fingerprint density at radius 1 is 1.24 bits per heavy atom. The van der Waals surface area contributed by atoms with Crippen LogP contribution in [0, 0.1) is 0 Å². The van der Waals surface area contributed by atoms with Crippen molar-refractivity contribution in [2.24, 2.45) is 0 Å². The van der Waals surface area contributed by atoms with Crippen LogP contribution in [-0.2, 0) is 16.1 Å². The Balaban J connectivity index is 1.86. The summed E-state index contributed by atoms with van der Waals surface area (Å²) in [6, 6.07) is 13.1. The maximum atomic E-state index is 11.0. The first-order chi connectivity index (χ1) is 10.2. The lowest BCUT2D eigenvalue weighted by Gasteiger charge is -2.08. The van der Waals surface area contributed by atoms with Gasteiger partial charge in [-0.3, -0.25) is 0 Å². The summed E-state index contributed by atoms with van der Waals surface area (Å²) in [4.78, 5) is 15.3. The Morgan fingerprint density at radius 3 is 2.67 bits per heavy atom. The number of hydrogen-bond acceptors (Lipinski definition) is 5. The highest BCUT2D eigenvalue weighted by molar-refractivity contribution is 9.10. The van der Waals surface area contributed by atoms with Crippen LogP contribution in [0.15, 0.2) is 47.1 Å². The quantitative estimate of drug-likeness (QED) is 0.640. The lowest BCUT2D eigenvalue weighted by Crippen LogP contribution is -2.12. The second-order valence-electron chi connectivity index (χ2n) is 4.19. The van der Waals surface area contributed by atoms with E-state index in [1.54, 1.807) is 12.1 Å². The summed E-state index contributed by atoms with van der Waals surface area (Å²) < 4.78 is 10.6. The summed E-state index contributed by atoms with van der Waals surface area (Å²) in [6.07, 6.45) is 0. The Hall–Kier alpha value is -2.08. The molecule has 0 amide bonds. The van der Waals surface area contributed by atoms with Crippen molar-refractivity contribution in [1.82, 2.24) is 4.98 Å². The van der Waals surface area contributed by atoms with Gasteiger partial charge in [-0.15, -0.1) is 0 Å². The number of carbonyl (C=O) groups is 1. The molecular formula is C15H15BrN2O3. The topological polar surface area (TPSA) is 60.5 Å². The Morgan fingerprint density at radius 2 is 2.00 bits per heavy atom. The fraction of sp³-hybridized carbons (Fsp3) is 0.200. The molecule has 1 aromatic carbocycles. The maximum absolute atomic E-state index is 11.0. The molecule has 0 aliphatic rings. The third-order valence-electron chi connectivity index (χ3n) is 2.69. The van der Waals surface area contributed by atoms with Crippen molar-refractivity contribution in [2.75, 3.05) is 19.0 Å². The Kier molecular flexibility index (Phi) is 5.57. The number of halogens is 1. The summed E-state index contributed by atoms with van der Waals surface area (Å²) in [5.41, 5.74) is 1.89. The molecule has 6 heteroatoms. The number of methoxy groups -OCH3 is 1. The van der Waals surface area contributed by atoms with Crippen LogP contribution in [0.4, 0.5) is 5.69 Å². The number of benzene rings is 1. The van der Waals surface area contributed by atoms with E-state index >= 15 is 0 Å². The first kappa shape index (κ1) is 15.3. The number of anilines is 1. The van der Waals surface area contributed by atoms with Gasteiger partial charge in [0.1, 0.15) is 10.4 Å². The molecule has 2 aromatic rings. The Labute approximate surface area is 131 Å². The third kappa shape index (κ3) is 5.07. The highest BCUT2D eigenvalue weighted by Crippen LogP contribution is 2.16. The largest absolute Gasteiger partial charge is 0.482 e. The molecular weight excluding hydrogens is 336 g/mol. The standard InChI is InChI=1S/C15H15BrN2O3/c1-20-15(19)10-21-13-7-5-11(6-8-13)17-9-12-3-2-4-14(16)18-12/h2-8,17H,9-10H2,1H3. The zero-order valence-electron chi connectivity index (χ0n) is 11.5. The number of rotatable bonds is 6. The molecule has 0 fully saturated rings. The third-order valence-corrected chi connectivity index (χ3v) is 3.13. The van der Waals surface area contributed by atoms with Crippen LogP contribution < -0.4 is 10.1 Å². The van der Waals surface area contributed by atoms with Crippen molar-refractivity contribution < 1.29 is 14.3 Å². The van der Waals surface area contributed by atoms with E-state index in [4.69, 9.17) is 4.74 Å². The average molecular weight is 351 g/mol. The highest BCUT2D eigenvalue weighted by Gasteiger charge is 2.02. The molecule has 0 spiro atoms. The van der Waals surface area contributed by atoms with Crippen LogP contribution in [0.25, 0.3) is 0 Å². The first-order valence-electron chi connectivity index (χ1n) is 6.32. The average Bonchev–Trinajstić information content (AvgIpc) is 2.51. The van der Waals surface area contributed by atoms with Gasteiger partial charge in [0.25, 0.3) is 0 Å². The van der Waals surface area contributed by atoms with Gasteiger partial charge in [0.2, 0.25) is 0 Å². The van der Waals surface area contributed by atoms with Crippen LogP contribution in [-0.4, -0.2) is 24.7 Å². The van der Waals surface area contributed by atoms with E-state index in [2.05, 4.69) is 31.0 Å². The molecule has 0 saturated heterocycles. The number of ether oxygens (including phenoxy) is 2. The minimum absolute atomic E-state index is 0.0920. The monoisotopic (exact) mass is 350 g/mol. The lowest BCUT2D eigenvalue weighted by molar-refractivity contribution is -0.142. The minimum atomic E-state index is -0.405. The molecule has 1 aromatic heterocycles. The smallest absolute Gasteiger partial charge is 0.343 e. The van der Waals surface area contributed by atoms with Gasteiger partial charge in [-0.25, -0.2) is 9.78 Å². The van der Waals surface area contributed by atoms with Crippen molar-refractivity contribution in [2.45, 2.75) is 6.54 Å². The van der Waals surface area contributed by atoms with Crippen LogP contribution in [0.3, 0.4) is 0 Å². The van der Waals surface area contributed by atoms with Crippen LogP contribution in [0.1, 0.15) is 5.69 Å². The summed E-state index contributed by atoms with van der Waals surface area (Å²) in [6.45, 7) is 0.535. The Bertz CT molecular complexity index is 602. The first-order valence-corrected chi connectivity index (χ1v) is 7.11. The van der Waals surface area contributed by atoms with E-state index in [0.29, 0.717) is 12.3 Å². The number of pyridine rings is 1. The predicted octanol–water partition coefficient (Wildman–Crippen LogP) is 3.01. The van der Waals surface area contributed by atoms with Gasteiger partial charge in [-0.2, -0.15) is 0 Å². The van der Waals surface area contributed by atoms with E-state index in [1.165, 1.54) is 7.11 Å². The number of hydrogen-bond donors (Lipinski definition) is 1. The molecule has 0 unspecified atom stereocenters. The molecule has 0 atom stereocenters. The predicted molar refractivity (Wildman–Crippen MR) is 83.2 cm³/mol. The van der Waals surface area contributed by atoms with Gasteiger partial charge in [0.05, 0.1) is 19.3 Å². The van der Waals surface area contributed by atoms with Crippen LogP contribution in [0.5, 0.6) is 5.75 Å². The fourth-order valence-electron chi connectivity index (χ4n) is 1.61. The van der Waals surface area contributed by atoms with Crippen molar-refractivity contribution in [3.63, 3.8) is 0 Å². The van der Waals surface area contributed by atoms with E-state index in [0.717, 1.165) is 16.0 Å². The van der Waals surface area contributed by atoms with E-state index in [1.807, 2.05) is 30.3 Å². The van der Waals surface area contributed by atoms with Gasteiger partial charge in [-0.05, 0) is 52.3 Å². The molecule has 1 N–H and O–H groups in total. The molecule has 0 saturated carbocycles. The SMILES string of the molecule is COC(=O)COc1ccc(NCc2cccc(Br)n2)cc1. The number of aromatic nitrogens is 1. The van der Waals surface area contributed by atoms with E-state index in [9.17, 15) is 4.79 Å². The van der Waals surface area contributed by atoms with E-state index < -0.39 is 5.97 Å². The van der Waals surface area contributed by atoms with Gasteiger partial charge in [-0.1, -0.05) is 6.07 Å². The summed E-state index contributed by atoms with van der Waals surface area (Å²) in [5, 5.41) is 3.26. The molecule has 5 nitrogen and oxygen atoms in total.